The summed E-state index contributed by atoms with van der Waals surface area (Å²) in [4.78, 5) is 14.2. The molecule has 0 aromatic carbocycles. The van der Waals surface area contributed by atoms with Gasteiger partial charge in [0.2, 0.25) is 0 Å². The molecule has 1 aliphatic heterocycles. The van der Waals surface area contributed by atoms with Gasteiger partial charge in [0.05, 0.1) is 24.1 Å². The van der Waals surface area contributed by atoms with Crippen LogP contribution >= 0.6 is 11.3 Å². The van der Waals surface area contributed by atoms with Gasteiger partial charge < -0.3 is 15.0 Å². The number of hydrogen-bond donors (Lipinski definition) is 1. The van der Waals surface area contributed by atoms with Crippen LogP contribution in [0.15, 0.2) is 6.33 Å². The summed E-state index contributed by atoms with van der Waals surface area (Å²) < 4.78 is 7.80. The Balaban J connectivity index is 1.50. The van der Waals surface area contributed by atoms with Crippen molar-refractivity contribution in [3.63, 3.8) is 0 Å². The first-order valence-electron chi connectivity index (χ1n) is 10.2. The van der Waals surface area contributed by atoms with Crippen LogP contribution in [0.3, 0.4) is 0 Å². The van der Waals surface area contributed by atoms with Crippen molar-refractivity contribution in [3.05, 3.63) is 22.6 Å². The Kier molecular flexibility index (Phi) is 5.64. The quantitative estimate of drug-likeness (QED) is 0.584. The van der Waals surface area contributed by atoms with Crippen LogP contribution in [0, 0.1) is 0 Å². The Morgan fingerprint density at radius 3 is 2.93 bits per heavy atom. The standard InChI is InChI=1S/C20H30N6OS/c1-5-25(6-2)9-7-8-21-11-16-23-18-17-14-10-20(3,4)27-12-15(14)28-19(17)22-13-26(18)24-16/h13,21H,5-12H2,1-4H3. The first-order chi connectivity index (χ1) is 13.5. The van der Waals surface area contributed by atoms with Crippen LogP contribution in [0.2, 0.25) is 0 Å². The number of fused-ring (bicyclic) bond motifs is 5. The monoisotopic (exact) mass is 402 g/mol. The van der Waals surface area contributed by atoms with E-state index in [1.54, 1.807) is 17.7 Å². The summed E-state index contributed by atoms with van der Waals surface area (Å²) in [6.07, 6.45) is 3.80. The van der Waals surface area contributed by atoms with Gasteiger partial charge in [0, 0.05) is 11.3 Å². The summed E-state index contributed by atoms with van der Waals surface area (Å²) in [5.41, 5.74) is 2.10. The third-order valence-corrected chi connectivity index (χ3v) is 6.57. The molecule has 0 spiro atoms. The van der Waals surface area contributed by atoms with E-state index in [0.29, 0.717) is 13.2 Å². The lowest BCUT2D eigenvalue weighted by molar-refractivity contribution is -0.0379. The molecule has 0 bridgehead atoms. The van der Waals surface area contributed by atoms with Crippen LogP contribution in [-0.2, 0) is 24.3 Å². The third-order valence-electron chi connectivity index (χ3n) is 5.46. The number of nitrogens with one attached hydrogen (secondary N) is 1. The van der Waals surface area contributed by atoms with Crippen molar-refractivity contribution in [3.8, 4) is 0 Å². The fourth-order valence-electron chi connectivity index (χ4n) is 3.83. The molecule has 0 fully saturated rings. The predicted octanol–water partition coefficient (Wildman–Crippen LogP) is 3.01. The number of rotatable bonds is 8. The first-order valence-corrected chi connectivity index (χ1v) is 11.0. The van der Waals surface area contributed by atoms with Gasteiger partial charge >= 0.3 is 0 Å². The highest BCUT2D eigenvalue weighted by atomic mass is 32.1. The van der Waals surface area contributed by atoms with Gasteiger partial charge in [-0.2, -0.15) is 0 Å². The second kappa shape index (κ2) is 8.02. The van der Waals surface area contributed by atoms with Crippen molar-refractivity contribution in [2.45, 2.75) is 59.3 Å². The first kappa shape index (κ1) is 19.7. The zero-order valence-corrected chi connectivity index (χ0v) is 18.1. The van der Waals surface area contributed by atoms with E-state index in [0.717, 1.165) is 60.7 Å². The van der Waals surface area contributed by atoms with Crippen molar-refractivity contribution in [2.24, 2.45) is 0 Å². The van der Waals surface area contributed by atoms with Gasteiger partial charge in [0.1, 0.15) is 11.2 Å². The van der Waals surface area contributed by atoms with Crippen LogP contribution in [0.4, 0.5) is 0 Å². The van der Waals surface area contributed by atoms with Crippen LogP contribution in [0.1, 0.15) is 50.4 Å². The molecule has 1 aliphatic rings. The number of thiophene rings is 1. The SMILES string of the molecule is CCN(CC)CCCNCc1nc2c3c4c(sc3ncn2n1)COC(C)(C)C4. The molecule has 3 aromatic heterocycles. The van der Waals surface area contributed by atoms with Crippen LogP contribution < -0.4 is 5.32 Å². The Labute approximate surface area is 170 Å². The molecule has 0 radical (unpaired) electrons. The Bertz CT molecular complexity index is 959. The maximum absolute atomic E-state index is 5.97. The molecule has 7 nitrogen and oxygen atoms in total. The molecule has 4 rings (SSSR count). The molecule has 0 unspecified atom stereocenters. The summed E-state index contributed by atoms with van der Waals surface area (Å²) in [5.74, 6) is 0.823. The maximum atomic E-state index is 5.97. The van der Waals surface area contributed by atoms with E-state index in [2.05, 4.69) is 48.0 Å². The maximum Gasteiger partial charge on any atom is 0.168 e. The van der Waals surface area contributed by atoms with Gasteiger partial charge in [-0.25, -0.2) is 14.5 Å². The van der Waals surface area contributed by atoms with Gasteiger partial charge in [0.15, 0.2) is 11.5 Å². The van der Waals surface area contributed by atoms with E-state index < -0.39 is 0 Å². The molecule has 0 atom stereocenters. The van der Waals surface area contributed by atoms with Gasteiger partial charge in [0.25, 0.3) is 0 Å². The van der Waals surface area contributed by atoms with E-state index in [-0.39, 0.29) is 5.60 Å². The highest BCUT2D eigenvalue weighted by Gasteiger charge is 2.30. The fourth-order valence-corrected chi connectivity index (χ4v) is 4.89. The minimum Gasteiger partial charge on any atom is -0.370 e. The van der Waals surface area contributed by atoms with Gasteiger partial charge in [-0.3, -0.25) is 0 Å². The van der Waals surface area contributed by atoms with Crippen molar-refractivity contribution in [2.75, 3.05) is 26.2 Å². The number of ether oxygens (including phenoxy) is 1. The van der Waals surface area contributed by atoms with E-state index in [9.17, 15) is 0 Å². The molecule has 3 aromatic rings. The summed E-state index contributed by atoms with van der Waals surface area (Å²) in [6.45, 7) is 14.4. The number of hydrogen-bond acceptors (Lipinski definition) is 7. The molecule has 1 N–H and O–H groups in total. The van der Waals surface area contributed by atoms with Crippen molar-refractivity contribution in [1.82, 2.24) is 29.8 Å². The Hall–Kier alpha value is -1.61. The average Bonchev–Trinajstić information content (AvgIpc) is 3.24. The topological polar surface area (TPSA) is 67.6 Å². The third kappa shape index (κ3) is 3.91. The van der Waals surface area contributed by atoms with Crippen LogP contribution in [-0.4, -0.2) is 56.3 Å². The van der Waals surface area contributed by atoms with Crippen LogP contribution in [0.5, 0.6) is 0 Å². The summed E-state index contributed by atoms with van der Waals surface area (Å²) >= 11 is 1.72. The van der Waals surface area contributed by atoms with E-state index in [1.807, 2.05) is 4.52 Å². The molecule has 28 heavy (non-hydrogen) atoms. The molecule has 0 saturated carbocycles. The smallest absolute Gasteiger partial charge is 0.168 e. The highest BCUT2D eigenvalue weighted by Crippen LogP contribution is 2.39. The lowest BCUT2D eigenvalue weighted by Crippen LogP contribution is -2.31. The zero-order chi connectivity index (χ0) is 19.7. The second-order valence-electron chi connectivity index (χ2n) is 8.01. The lowest BCUT2D eigenvalue weighted by atomic mass is 9.94. The molecule has 8 heteroatoms. The van der Waals surface area contributed by atoms with E-state index in [4.69, 9.17) is 9.72 Å². The largest absolute Gasteiger partial charge is 0.370 e. The summed E-state index contributed by atoms with van der Waals surface area (Å²) in [7, 11) is 0. The second-order valence-corrected chi connectivity index (χ2v) is 9.09. The van der Waals surface area contributed by atoms with Gasteiger partial charge in [-0.1, -0.05) is 13.8 Å². The van der Waals surface area contributed by atoms with Gasteiger partial charge in [-0.05, 0) is 52.0 Å². The lowest BCUT2D eigenvalue weighted by Gasteiger charge is -2.30. The normalized spacial score (nSPS) is 16.3. The van der Waals surface area contributed by atoms with Crippen LogP contribution in [0.25, 0.3) is 15.9 Å². The molecular weight excluding hydrogens is 372 g/mol. The molecule has 0 amide bonds. The molecule has 0 saturated heterocycles. The summed E-state index contributed by atoms with van der Waals surface area (Å²) in [6, 6.07) is 0. The number of nitrogens with zero attached hydrogens (tertiary/aromatic N) is 5. The van der Waals surface area contributed by atoms with Crippen molar-refractivity contribution >= 4 is 27.2 Å². The van der Waals surface area contributed by atoms with E-state index >= 15 is 0 Å². The summed E-state index contributed by atoms with van der Waals surface area (Å²) in [5, 5.41) is 9.27. The zero-order valence-electron chi connectivity index (χ0n) is 17.3. The highest BCUT2D eigenvalue weighted by molar-refractivity contribution is 7.19. The molecular formula is C20H30N6OS. The van der Waals surface area contributed by atoms with Crippen molar-refractivity contribution in [1.29, 1.82) is 0 Å². The molecule has 4 heterocycles. The fraction of sp³-hybridized carbons (Fsp3) is 0.650. The number of aromatic nitrogens is 4. The molecule has 0 aliphatic carbocycles. The van der Waals surface area contributed by atoms with Crippen molar-refractivity contribution < 1.29 is 4.74 Å². The van der Waals surface area contributed by atoms with Gasteiger partial charge in [-0.15, -0.1) is 16.4 Å². The minimum atomic E-state index is -0.150. The Morgan fingerprint density at radius 2 is 2.14 bits per heavy atom. The Morgan fingerprint density at radius 1 is 1.32 bits per heavy atom. The molecule has 152 valence electrons. The predicted molar refractivity (Wildman–Crippen MR) is 113 cm³/mol. The average molecular weight is 403 g/mol. The van der Waals surface area contributed by atoms with E-state index in [1.165, 1.54) is 10.4 Å². The minimum absolute atomic E-state index is 0.150.